The number of halogens is 1. The molecule has 0 bridgehead atoms. The Bertz CT molecular complexity index is 523. The standard InChI is InChI=1S/C14H19FN4O2/c1-2-21-13(20)12-5-10(15)8-19(12)14-17-4-3-11(18-14)9-6-16-7-9/h3-4,9-10,12,16H,2,5-8H2,1H3/t10-,12-/m0/s1. The quantitative estimate of drug-likeness (QED) is 0.822. The van der Waals surface area contributed by atoms with Crippen molar-refractivity contribution in [3.63, 3.8) is 0 Å². The van der Waals surface area contributed by atoms with Crippen LogP contribution in [0.4, 0.5) is 10.3 Å². The molecule has 2 aliphatic rings. The highest BCUT2D eigenvalue weighted by molar-refractivity contribution is 5.80. The van der Waals surface area contributed by atoms with Crippen LogP contribution in [0.3, 0.4) is 0 Å². The Morgan fingerprint density at radius 2 is 2.38 bits per heavy atom. The van der Waals surface area contributed by atoms with Crippen molar-refractivity contribution < 1.29 is 13.9 Å². The summed E-state index contributed by atoms with van der Waals surface area (Å²) in [6.45, 7) is 3.95. The molecule has 6 nitrogen and oxygen atoms in total. The highest BCUT2D eigenvalue weighted by atomic mass is 19.1. The van der Waals surface area contributed by atoms with Gasteiger partial charge in [-0.1, -0.05) is 0 Å². The molecule has 0 aromatic carbocycles. The minimum atomic E-state index is -1.06. The van der Waals surface area contributed by atoms with Crippen LogP contribution in [0.25, 0.3) is 0 Å². The average Bonchev–Trinajstić information content (AvgIpc) is 2.80. The lowest BCUT2D eigenvalue weighted by Gasteiger charge is -2.28. The third-order valence-corrected chi connectivity index (χ3v) is 3.93. The maximum absolute atomic E-state index is 13.7. The molecule has 0 unspecified atom stereocenters. The summed E-state index contributed by atoms with van der Waals surface area (Å²) in [5.41, 5.74) is 0.934. The number of aromatic nitrogens is 2. The second kappa shape index (κ2) is 5.93. The molecule has 3 rings (SSSR count). The van der Waals surface area contributed by atoms with Crippen LogP contribution in [0.2, 0.25) is 0 Å². The van der Waals surface area contributed by atoms with Crippen LogP contribution in [-0.2, 0) is 9.53 Å². The molecule has 1 aromatic heterocycles. The van der Waals surface area contributed by atoms with Gasteiger partial charge >= 0.3 is 5.97 Å². The van der Waals surface area contributed by atoms with E-state index < -0.39 is 18.2 Å². The zero-order valence-corrected chi connectivity index (χ0v) is 12.0. The molecule has 7 heteroatoms. The maximum Gasteiger partial charge on any atom is 0.328 e. The van der Waals surface area contributed by atoms with Gasteiger partial charge in [0.15, 0.2) is 0 Å². The van der Waals surface area contributed by atoms with E-state index in [0.717, 1.165) is 18.8 Å². The lowest BCUT2D eigenvalue weighted by molar-refractivity contribution is -0.144. The van der Waals surface area contributed by atoms with Crippen molar-refractivity contribution in [3.8, 4) is 0 Å². The van der Waals surface area contributed by atoms with Crippen molar-refractivity contribution in [1.82, 2.24) is 15.3 Å². The molecule has 1 aromatic rings. The highest BCUT2D eigenvalue weighted by Crippen LogP contribution is 2.27. The summed E-state index contributed by atoms with van der Waals surface area (Å²) < 4.78 is 18.8. The van der Waals surface area contributed by atoms with E-state index in [1.54, 1.807) is 18.0 Å². The van der Waals surface area contributed by atoms with E-state index in [9.17, 15) is 9.18 Å². The van der Waals surface area contributed by atoms with Gasteiger partial charge in [0.2, 0.25) is 5.95 Å². The van der Waals surface area contributed by atoms with E-state index in [2.05, 4.69) is 15.3 Å². The van der Waals surface area contributed by atoms with Crippen molar-refractivity contribution in [2.45, 2.75) is 31.5 Å². The molecule has 2 atom stereocenters. The molecule has 1 N–H and O–H groups in total. The molecular formula is C14H19FN4O2. The largest absolute Gasteiger partial charge is 0.464 e. The molecule has 2 saturated heterocycles. The molecule has 2 aliphatic heterocycles. The third kappa shape index (κ3) is 2.83. The maximum atomic E-state index is 13.7. The number of rotatable bonds is 4. The number of ether oxygens (including phenoxy) is 1. The molecular weight excluding hydrogens is 275 g/mol. The zero-order chi connectivity index (χ0) is 14.8. The van der Waals surface area contributed by atoms with Gasteiger partial charge in [-0.05, 0) is 13.0 Å². The van der Waals surface area contributed by atoms with Crippen LogP contribution in [0.15, 0.2) is 12.3 Å². The first-order chi connectivity index (χ1) is 10.2. The average molecular weight is 294 g/mol. The van der Waals surface area contributed by atoms with Crippen molar-refractivity contribution in [2.75, 3.05) is 31.1 Å². The van der Waals surface area contributed by atoms with Gasteiger partial charge in [-0.3, -0.25) is 0 Å². The van der Waals surface area contributed by atoms with Crippen molar-refractivity contribution in [1.29, 1.82) is 0 Å². The Morgan fingerprint density at radius 3 is 3.05 bits per heavy atom. The number of esters is 1. The van der Waals surface area contributed by atoms with Crippen molar-refractivity contribution >= 4 is 11.9 Å². The van der Waals surface area contributed by atoms with Gasteiger partial charge in [0.05, 0.1) is 18.8 Å². The molecule has 114 valence electrons. The SMILES string of the molecule is CCOC(=O)[C@@H]1C[C@H](F)CN1c1nccc(C2CNC2)n1. The third-order valence-electron chi connectivity index (χ3n) is 3.93. The predicted octanol–water partition coefficient (Wildman–Crippen LogP) is 0.643. The highest BCUT2D eigenvalue weighted by Gasteiger charge is 2.39. The summed E-state index contributed by atoms with van der Waals surface area (Å²) in [6.07, 6.45) is 0.748. The van der Waals surface area contributed by atoms with Gasteiger partial charge in [-0.15, -0.1) is 0 Å². The van der Waals surface area contributed by atoms with Crippen LogP contribution < -0.4 is 10.2 Å². The Balaban J connectivity index is 1.81. The van der Waals surface area contributed by atoms with E-state index >= 15 is 0 Å². The van der Waals surface area contributed by atoms with Gasteiger partial charge in [0.25, 0.3) is 0 Å². The number of carbonyl (C=O) groups is 1. The lowest BCUT2D eigenvalue weighted by Crippen LogP contribution is -2.41. The van der Waals surface area contributed by atoms with Gasteiger partial charge in [0, 0.05) is 31.6 Å². The van der Waals surface area contributed by atoms with E-state index in [4.69, 9.17) is 4.74 Å². The lowest BCUT2D eigenvalue weighted by atomic mass is 9.99. The van der Waals surface area contributed by atoms with E-state index in [0.29, 0.717) is 11.9 Å². The second-order valence-corrected chi connectivity index (χ2v) is 5.39. The molecule has 0 aliphatic carbocycles. The fourth-order valence-corrected chi connectivity index (χ4v) is 2.69. The number of hydrogen-bond donors (Lipinski definition) is 1. The summed E-state index contributed by atoms with van der Waals surface area (Å²) in [5, 5.41) is 3.19. The van der Waals surface area contributed by atoms with Crippen molar-refractivity contribution in [3.05, 3.63) is 18.0 Å². The summed E-state index contributed by atoms with van der Waals surface area (Å²) in [4.78, 5) is 22.3. The monoisotopic (exact) mass is 294 g/mol. The van der Waals surface area contributed by atoms with Crippen LogP contribution in [0.1, 0.15) is 25.0 Å². The summed E-state index contributed by atoms with van der Waals surface area (Å²) in [5.74, 6) is 0.381. The number of nitrogens with zero attached hydrogens (tertiary/aromatic N) is 3. The Labute approximate surface area is 122 Å². The molecule has 21 heavy (non-hydrogen) atoms. The fourth-order valence-electron chi connectivity index (χ4n) is 2.69. The van der Waals surface area contributed by atoms with E-state index in [1.165, 1.54) is 0 Å². The normalized spacial score (nSPS) is 25.7. The molecule has 0 radical (unpaired) electrons. The Morgan fingerprint density at radius 1 is 1.57 bits per heavy atom. The minimum absolute atomic E-state index is 0.135. The fraction of sp³-hybridized carbons (Fsp3) is 0.643. The first kappa shape index (κ1) is 14.2. The van der Waals surface area contributed by atoms with E-state index in [1.807, 2.05) is 6.07 Å². The van der Waals surface area contributed by atoms with E-state index in [-0.39, 0.29) is 19.6 Å². The van der Waals surface area contributed by atoms with Crippen LogP contribution in [0, 0.1) is 0 Å². The van der Waals surface area contributed by atoms with Gasteiger partial charge < -0.3 is 15.0 Å². The summed E-state index contributed by atoms with van der Waals surface area (Å²) in [7, 11) is 0. The topological polar surface area (TPSA) is 67.3 Å². The number of carbonyl (C=O) groups excluding carboxylic acids is 1. The second-order valence-electron chi connectivity index (χ2n) is 5.39. The van der Waals surface area contributed by atoms with Crippen molar-refractivity contribution in [2.24, 2.45) is 0 Å². The summed E-state index contributed by atoms with van der Waals surface area (Å²) >= 11 is 0. The molecule has 0 saturated carbocycles. The number of nitrogens with one attached hydrogen (secondary N) is 1. The Kier molecular flexibility index (Phi) is 4.01. The van der Waals surface area contributed by atoms with Crippen LogP contribution in [-0.4, -0.2) is 54.4 Å². The van der Waals surface area contributed by atoms with Crippen LogP contribution >= 0.6 is 0 Å². The molecule has 2 fully saturated rings. The Hall–Kier alpha value is -1.76. The first-order valence-electron chi connectivity index (χ1n) is 7.30. The minimum Gasteiger partial charge on any atom is -0.464 e. The van der Waals surface area contributed by atoms with Gasteiger partial charge in [-0.2, -0.15) is 0 Å². The summed E-state index contributed by atoms with van der Waals surface area (Å²) in [6, 6.07) is 1.24. The van der Waals surface area contributed by atoms with Crippen LogP contribution in [0.5, 0.6) is 0 Å². The smallest absolute Gasteiger partial charge is 0.328 e. The predicted molar refractivity (Wildman–Crippen MR) is 74.9 cm³/mol. The molecule has 0 spiro atoms. The molecule has 0 amide bonds. The van der Waals surface area contributed by atoms with Gasteiger partial charge in [0.1, 0.15) is 12.2 Å². The number of hydrogen-bond acceptors (Lipinski definition) is 6. The zero-order valence-electron chi connectivity index (χ0n) is 12.0. The molecule has 3 heterocycles. The first-order valence-corrected chi connectivity index (χ1v) is 7.30. The number of alkyl halides is 1. The van der Waals surface area contributed by atoms with Gasteiger partial charge in [-0.25, -0.2) is 19.2 Å². The number of anilines is 1.